The van der Waals surface area contributed by atoms with E-state index in [2.05, 4.69) is 29.4 Å². The van der Waals surface area contributed by atoms with E-state index in [1.807, 2.05) is 6.07 Å². The van der Waals surface area contributed by atoms with E-state index >= 15 is 0 Å². The second-order valence-corrected chi connectivity index (χ2v) is 5.55. The largest absolute Gasteiger partial charge is 0.497 e. The van der Waals surface area contributed by atoms with Crippen molar-refractivity contribution in [3.8, 4) is 5.75 Å². The summed E-state index contributed by atoms with van der Waals surface area (Å²) >= 11 is 0. The molecule has 0 aliphatic carbocycles. The number of hydrogen-bond acceptors (Lipinski definition) is 4. The molecule has 0 bridgehead atoms. The summed E-state index contributed by atoms with van der Waals surface area (Å²) in [7, 11) is 3.86. The molecule has 0 aromatic heterocycles. The predicted octanol–water partition coefficient (Wildman–Crippen LogP) is 1.20. The van der Waals surface area contributed by atoms with E-state index < -0.39 is 0 Å². The molecule has 0 radical (unpaired) electrons. The highest BCUT2D eigenvalue weighted by molar-refractivity contribution is 5.61. The average Bonchev–Trinajstić information content (AvgIpc) is 2.47. The van der Waals surface area contributed by atoms with Gasteiger partial charge in [-0.15, -0.1) is 0 Å². The van der Waals surface area contributed by atoms with Gasteiger partial charge in [-0.1, -0.05) is 0 Å². The number of nitrogens with zero attached hydrogens (tertiary/aromatic N) is 1. The average molecular weight is 262 g/mol. The second kappa shape index (κ2) is 5.02. The number of fused-ring (bicyclic) bond motifs is 2. The lowest BCUT2D eigenvalue weighted by atomic mass is 9.74. The molecular weight excluding hydrogens is 240 g/mol. The van der Waals surface area contributed by atoms with Crippen LogP contribution in [0.5, 0.6) is 5.75 Å². The monoisotopic (exact) mass is 262 g/mol. The summed E-state index contributed by atoms with van der Waals surface area (Å²) in [5.74, 6) is 1.55. The van der Waals surface area contributed by atoms with Crippen LogP contribution in [0.2, 0.25) is 0 Å². The van der Waals surface area contributed by atoms with E-state index in [1.165, 1.54) is 11.3 Å². The third-order valence-electron chi connectivity index (χ3n) is 4.72. The van der Waals surface area contributed by atoms with Crippen LogP contribution < -0.4 is 15.0 Å². The normalized spacial score (nSPS) is 29.6. The number of piperidine rings is 1. The van der Waals surface area contributed by atoms with Crippen LogP contribution in [0, 0.1) is 5.92 Å². The Morgan fingerprint density at radius 3 is 3.05 bits per heavy atom. The number of anilines is 1. The molecule has 1 aromatic rings. The number of hydrogen-bond donors (Lipinski definition) is 2. The van der Waals surface area contributed by atoms with Crippen molar-refractivity contribution in [2.45, 2.75) is 18.4 Å². The van der Waals surface area contributed by atoms with Crippen LogP contribution >= 0.6 is 0 Å². The molecule has 4 nitrogen and oxygen atoms in total. The van der Waals surface area contributed by atoms with Crippen molar-refractivity contribution < 1.29 is 9.84 Å². The van der Waals surface area contributed by atoms with Crippen LogP contribution in [-0.2, 0) is 0 Å². The second-order valence-electron chi connectivity index (χ2n) is 5.55. The smallest absolute Gasteiger partial charge is 0.119 e. The van der Waals surface area contributed by atoms with Crippen molar-refractivity contribution in [2.75, 3.05) is 38.8 Å². The maximum absolute atomic E-state index is 9.84. The first-order valence-corrected chi connectivity index (χ1v) is 6.98. The summed E-state index contributed by atoms with van der Waals surface area (Å²) in [5.41, 5.74) is 2.46. The Morgan fingerprint density at radius 2 is 2.32 bits per heavy atom. The topological polar surface area (TPSA) is 44.7 Å². The van der Waals surface area contributed by atoms with Gasteiger partial charge in [0.2, 0.25) is 0 Å². The van der Waals surface area contributed by atoms with Gasteiger partial charge in [0.25, 0.3) is 0 Å². The van der Waals surface area contributed by atoms with Crippen LogP contribution in [0.15, 0.2) is 18.2 Å². The zero-order valence-electron chi connectivity index (χ0n) is 11.6. The van der Waals surface area contributed by atoms with Gasteiger partial charge in [-0.2, -0.15) is 0 Å². The molecule has 3 rings (SSSR count). The molecule has 4 heteroatoms. The van der Waals surface area contributed by atoms with E-state index in [9.17, 15) is 5.11 Å². The molecule has 0 saturated carbocycles. The molecule has 1 saturated heterocycles. The van der Waals surface area contributed by atoms with Crippen LogP contribution in [-0.4, -0.2) is 45.0 Å². The van der Waals surface area contributed by atoms with Crippen LogP contribution in [0.1, 0.15) is 17.9 Å². The van der Waals surface area contributed by atoms with Gasteiger partial charge in [-0.25, -0.2) is 0 Å². The first-order valence-electron chi connectivity index (χ1n) is 6.98. The molecule has 1 aromatic carbocycles. The number of benzene rings is 1. The number of rotatable bonds is 2. The fraction of sp³-hybridized carbons (Fsp3) is 0.600. The van der Waals surface area contributed by atoms with Crippen molar-refractivity contribution in [3.05, 3.63) is 23.8 Å². The predicted molar refractivity (Wildman–Crippen MR) is 76.0 cm³/mol. The summed E-state index contributed by atoms with van der Waals surface area (Å²) in [4.78, 5) is 2.38. The van der Waals surface area contributed by atoms with E-state index in [0.717, 1.165) is 25.3 Å². The number of aliphatic hydroxyl groups is 1. The Bertz CT molecular complexity index is 463. The fourth-order valence-corrected chi connectivity index (χ4v) is 3.68. The summed E-state index contributed by atoms with van der Waals surface area (Å²) < 4.78 is 5.33. The summed E-state index contributed by atoms with van der Waals surface area (Å²) in [6.07, 6.45) is 1.14. The maximum atomic E-state index is 9.84. The molecule has 2 aliphatic rings. The molecule has 3 atom stereocenters. The molecule has 0 amide bonds. The van der Waals surface area contributed by atoms with E-state index in [4.69, 9.17) is 4.74 Å². The van der Waals surface area contributed by atoms with E-state index in [1.54, 1.807) is 7.11 Å². The standard InChI is InChI=1S/C15H22N2O2/c1-17-14-4-3-10(19-2)7-11(14)13(9-18)12-8-16-6-5-15(12)17/h3-4,7,12-13,15-16,18H,5-6,8-9H2,1-2H3. The Balaban J connectivity index is 2.06. The highest BCUT2D eigenvalue weighted by Gasteiger charge is 2.40. The Hall–Kier alpha value is -1.26. The zero-order valence-corrected chi connectivity index (χ0v) is 11.6. The van der Waals surface area contributed by atoms with Gasteiger partial charge >= 0.3 is 0 Å². The molecule has 3 unspecified atom stereocenters. The molecule has 1 fully saturated rings. The molecule has 2 aliphatic heterocycles. The van der Waals surface area contributed by atoms with Crippen molar-refractivity contribution >= 4 is 5.69 Å². The highest BCUT2D eigenvalue weighted by Crippen LogP contribution is 2.44. The number of nitrogens with one attached hydrogen (secondary N) is 1. The summed E-state index contributed by atoms with van der Waals surface area (Å²) in [6, 6.07) is 6.73. The first-order chi connectivity index (χ1) is 9.26. The molecule has 104 valence electrons. The van der Waals surface area contributed by atoms with Gasteiger partial charge in [0.05, 0.1) is 13.7 Å². The first kappa shape index (κ1) is 12.8. The van der Waals surface area contributed by atoms with Gasteiger partial charge < -0.3 is 20.1 Å². The van der Waals surface area contributed by atoms with Gasteiger partial charge in [-0.3, -0.25) is 0 Å². The third-order valence-corrected chi connectivity index (χ3v) is 4.72. The Labute approximate surface area is 114 Å². The lowest BCUT2D eigenvalue weighted by molar-refractivity contribution is 0.178. The van der Waals surface area contributed by atoms with Crippen LogP contribution in [0.25, 0.3) is 0 Å². The molecule has 2 heterocycles. The third kappa shape index (κ3) is 1.99. The minimum Gasteiger partial charge on any atom is -0.497 e. The SMILES string of the molecule is COc1ccc2c(c1)C(CO)C1CNCCC1N2C. The van der Waals surface area contributed by atoms with Gasteiger partial charge in [0, 0.05) is 37.2 Å². The minimum absolute atomic E-state index is 0.205. The number of aliphatic hydroxyl groups excluding tert-OH is 1. The summed E-state index contributed by atoms with van der Waals surface area (Å²) in [5, 5.41) is 13.3. The van der Waals surface area contributed by atoms with Gasteiger partial charge in [0.1, 0.15) is 5.75 Å². The fourth-order valence-electron chi connectivity index (χ4n) is 3.68. The van der Waals surface area contributed by atoms with Crippen LogP contribution in [0.3, 0.4) is 0 Å². The van der Waals surface area contributed by atoms with Crippen molar-refractivity contribution in [2.24, 2.45) is 5.92 Å². The van der Waals surface area contributed by atoms with E-state index in [0.29, 0.717) is 12.0 Å². The Kier molecular flexibility index (Phi) is 3.37. The lowest BCUT2D eigenvalue weighted by Crippen LogP contribution is -2.54. The quantitative estimate of drug-likeness (QED) is 0.840. The molecular formula is C15H22N2O2. The van der Waals surface area contributed by atoms with Crippen molar-refractivity contribution in [1.29, 1.82) is 0 Å². The van der Waals surface area contributed by atoms with Crippen molar-refractivity contribution in [1.82, 2.24) is 5.32 Å². The van der Waals surface area contributed by atoms with Gasteiger partial charge in [-0.05, 0) is 36.7 Å². The molecule has 2 N–H and O–H groups in total. The molecule has 19 heavy (non-hydrogen) atoms. The highest BCUT2D eigenvalue weighted by atomic mass is 16.5. The number of methoxy groups -OCH3 is 1. The number of ether oxygens (including phenoxy) is 1. The van der Waals surface area contributed by atoms with Crippen molar-refractivity contribution in [3.63, 3.8) is 0 Å². The Morgan fingerprint density at radius 1 is 1.47 bits per heavy atom. The summed E-state index contributed by atoms with van der Waals surface area (Å²) in [6.45, 7) is 2.25. The van der Waals surface area contributed by atoms with E-state index in [-0.39, 0.29) is 12.5 Å². The lowest BCUT2D eigenvalue weighted by Gasteiger charge is -2.48. The maximum Gasteiger partial charge on any atom is 0.119 e. The molecule has 0 spiro atoms. The zero-order chi connectivity index (χ0) is 13.4. The van der Waals surface area contributed by atoms with Crippen LogP contribution in [0.4, 0.5) is 5.69 Å². The van der Waals surface area contributed by atoms with Gasteiger partial charge in [0.15, 0.2) is 0 Å². The minimum atomic E-state index is 0.205.